The minimum atomic E-state index is -0.113. The van der Waals surface area contributed by atoms with Gasteiger partial charge in [-0.1, -0.05) is 30.3 Å². The van der Waals surface area contributed by atoms with Crippen molar-refractivity contribution in [2.45, 2.75) is 31.8 Å². The van der Waals surface area contributed by atoms with Crippen LogP contribution in [0.5, 0.6) is 0 Å². The second-order valence-electron chi connectivity index (χ2n) is 4.66. The van der Waals surface area contributed by atoms with E-state index in [2.05, 4.69) is 24.4 Å². The zero-order valence-corrected chi connectivity index (χ0v) is 10.3. The van der Waals surface area contributed by atoms with E-state index in [0.717, 1.165) is 18.4 Å². The number of nitrogens with one attached hydrogen (secondary N) is 1. The zero-order valence-electron chi connectivity index (χ0n) is 10.3. The molecular weight excluding hydrogens is 214 g/mol. The van der Waals surface area contributed by atoms with Gasteiger partial charge in [-0.05, 0) is 25.3 Å². The third kappa shape index (κ3) is 2.67. The van der Waals surface area contributed by atoms with Crippen LogP contribution in [0.15, 0.2) is 30.3 Å². The minimum absolute atomic E-state index is 0.0707. The molecule has 0 unspecified atom stereocenters. The van der Waals surface area contributed by atoms with Gasteiger partial charge in [-0.3, -0.25) is 4.79 Å². The van der Waals surface area contributed by atoms with Gasteiger partial charge in [-0.25, -0.2) is 0 Å². The molecule has 1 aliphatic rings. The van der Waals surface area contributed by atoms with Gasteiger partial charge in [0.25, 0.3) is 0 Å². The van der Waals surface area contributed by atoms with Gasteiger partial charge >= 0.3 is 5.97 Å². The lowest BCUT2D eigenvalue weighted by molar-refractivity contribution is -0.147. The number of hydrogen-bond donors (Lipinski definition) is 1. The van der Waals surface area contributed by atoms with Crippen LogP contribution in [0.1, 0.15) is 31.4 Å². The predicted octanol–water partition coefficient (Wildman–Crippen LogP) is 2.29. The van der Waals surface area contributed by atoms with Gasteiger partial charge < -0.3 is 10.1 Å². The molecule has 0 saturated carbocycles. The van der Waals surface area contributed by atoms with Crippen LogP contribution in [0.2, 0.25) is 0 Å². The fraction of sp³-hybridized carbons (Fsp3) is 0.500. The van der Waals surface area contributed by atoms with Crippen molar-refractivity contribution in [3.8, 4) is 0 Å². The number of rotatable bonds is 2. The summed E-state index contributed by atoms with van der Waals surface area (Å²) in [6.45, 7) is 2.16. The summed E-state index contributed by atoms with van der Waals surface area (Å²) >= 11 is 0. The summed E-state index contributed by atoms with van der Waals surface area (Å²) in [7, 11) is 1.46. The van der Waals surface area contributed by atoms with Crippen molar-refractivity contribution in [2.24, 2.45) is 5.92 Å². The Bertz CT molecular complexity index is 377. The lowest BCUT2D eigenvalue weighted by Crippen LogP contribution is -2.43. The molecule has 1 fully saturated rings. The maximum Gasteiger partial charge on any atom is 0.310 e. The van der Waals surface area contributed by atoms with E-state index in [1.54, 1.807) is 0 Å². The Balaban J connectivity index is 2.23. The van der Waals surface area contributed by atoms with Crippen molar-refractivity contribution >= 4 is 5.97 Å². The van der Waals surface area contributed by atoms with Crippen molar-refractivity contribution < 1.29 is 9.53 Å². The van der Waals surface area contributed by atoms with E-state index in [9.17, 15) is 4.79 Å². The number of ether oxygens (including phenoxy) is 1. The maximum atomic E-state index is 11.8. The summed E-state index contributed by atoms with van der Waals surface area (Å²) in [5, 5.41) is 3.50. The van der Waals surface area contributed by atoms with Gasteiger partial charge in [0.15, 0.2) is 0 Å². The summed E-state index contributed by atoms with van der Waals surface area (Å²) in [5.41, 5.74) is 1.16. The van der Waals surface area contributed by atoms with Crippen molar-refractivity contribution in [2.75, 3.05) is 7.11 Å². The predicted molar refractivity (Wildman–Crippen MR) is 66.5 cm³/mol. The first-order valence-corrected chi connectivity index (χ1v) is 6.11. The van der Waals surface area contributed by atoms with Crippen molar-refractivity contribution in [1.82, 2.24) is 5.32 Å². The summed E-state index contributed by atoms with van der Waals surface area (Å²) in [6, 6.07) is 10.6. The van der Waals surface area contributed by atoms with E-state index in [1.165, 1.54) is 7.11 Å². The van der Waals surface area contributed by atoms with Gasteiger partial charge in [-0.15, -0.1) is 0 Å². The topological polar surface area (TPSA) is 38.3 Å². The second kappa shape index (κ2) is 5.32. The molecule has 17 heavy (non-hydrogen) atoms. The van der Waals surface area contributed by atoms with Crippen LogP contribution in [0, 0.1) is 5.92 Å². The molecule has 0 radical (unpaired) electrons. The largest absolute Gasteiger partial charge is 0.469 e. The molecule has 3 atom stereocenters. The van der Waals surface area contributed by atoms with E-state index in [4.69, 9.17) is 4.74 Å². The number of benzene rings is 1. The molecule has 0 spiro atoms. The summed E-state index contributed by atoms with van der Waals surface area (Å²) in [5.74, 6) is -0.183. The highest BCUT2D eigenvalue weighted by molar-refractivity contribution is 5.73. The molecule has 2 rings (SSSR count). The average Bonchev–Trinajstić information content (AvgIpc) is 2.39. The fourth-order valence-electron chi connectivity index (χ4n) is 2.50. The van der Waals surface area contributed by atoms with Crippen LogP contribution in [-0.4, -0.2) is 19.1 Å². The first kappa shape index (κ1) is 12.1. The Hall–Kier alpha value is -1.35. The third-order valence-corrected chi connectivity index (χ3v) is 3.44. The minimum Gasteiger partial charge on any atom is -0.469 e. The van der Waals surface area contributed by atoms with Gasteiger partial charge in [0.05, 0.1) is 13.0 Å². The van der Waals surface area contributed by atoms with Crippen LogP contribution < -0.4 is 5.32 Å². The third-order valence-electron chi connectivity index (χ3n) is 3.44. The normalized spacial score (nSPS) is 28.7. The highest BCUT2D eigenvalue weighted by Crippen LogP contribution is 2.32. The number of piperidine rings is 1. The van der Waals surface area contributed by atoms with Crippen LogP contribution in [-0.2, 0) is 9.53 Å². The number of hydrogen-bond acceptors (Lipinski definition) is 3. The van der Waals surface area contributed by atoms with E-state index in [0.29, 0.717) is 6.04 Å². The molecule has 0 aliphatic carbocycles. The molecular formula is C14H19NO2. The smallest absolute Gasteiger partial charge is 0.310 e. The molecule has 1 saturated heterocycles. The van der Waals surface area contributed by atoms with Gasteiger partial charge in [0, 0.05) is 12.1 Å². The zero-order chi connectivity index (χ0) is 12.3. The van der Waals surface area contributed by atoms with E-state index >= 15 is 0 Å². The van der Waals surface area contributed by atoms with Crippen molar-refractivity contribution in [3.05, 3.63) is 35.9 Å². The monoisotopic (exact) mass is 233 g/mol. The lowest BCUT2D eigenvalue weighted by atomic mass is 9.84. The van der Waals surface area contributed by atoms with Crippen LogP contribution in [0.25, 0.3) is 0 Å². The van der Waals surface area contributed by atoms with E-state index in [-0.39, 0.29) is 17.9 Å². The number of carbonyl (C=O) groups excluding carboxylic acids is 1. The van der Waals surface area contributed by atoms with Gasteiger partial charge in [-0.2, -0.15) is 0 Å². The molecule has 3 nitrogen and oxygen atoms in total. The molecule has 92 valence electrons. The highest BCUT2D eigenvalue weighted by Gasteiger charge is 2.34. The number of carbonyl (C=O) groups is 1. The Kier molecular flexibility index (Phi) is 3.79. The molecule has 1 N–H and O–H groups in total. The molecule has 0 amide bonds. The fourth-order valence-corrected chi connectivity index (χ4v) is 2.50. The molecule has 0 bridgehead atoms. The Morgan fingerprint density at radius 1 is 1.29 bits per heavy atom. The summed E-state index contributed by atoms with van der Waals surface area (Å²) in [6.07, 6.45) is 1.91. The van der Waals surface area contributed by atoms with E-state index in [1.807, 2.05) is 18.2 Å². The highest BCUT2D eigenvalue weighted by atomic mass is 16.5. The maximum absolute atomic E-state index is 11.8. The van der Waals surface area contributed by atoms with Gasteiger partial charge in [0.1, 0.15) is 0 Å². The first-order chi connectivity index (χ1) is 8.22. The molecule has 0 aromatic heterocycles. The molecule has 3 heteroatoms. The Morgan fingerprint density at radius 2 is 2.00 bits per heavy atom. The number of esters is 1. The van der Waals surface area contributed by atoms with Crippen LogP contribution in [0.3, 0.4) is 0 Å². The quantitative estimate of drug-likeness (QED) is 0.796. The Labute approximate surface area is 102 Å². The SMILES string of the molecule is COC(=O)[C@@H]1CC[C@@H](C)N[C@H]1c1ccccc1. The molecule has 1 aromatic carbocycles. The number of methoxy groups -OCH3 is 1. The average molecular weight is 233 g/mol. The summed E-state index contributed by atoms with van der Waals surface area (Å²) < 4.78 is 4.90. The second-order valence-corrected chi connectivity index (χ2v) is 4.66. The van der Waals surface area contributed by atoms with Crippen molar-refractivity contribution in [3.63, 3.8) is 0 Å². The van der Waals surface area contributed by atoms with Crippen LogP contribution in [0.4, 0.5) is 0 Å². The Morgan fingerprint density at radius 3 is 2.65 bits per heavy atom. The van der Waals surface area contributed by atoms with Gasteiger partial charge in [0.2, 0.25) is 0 Å². The standard InChI is InChI=1S/C14H19NO2/c1-10-8-9-12(14(16)17-2)13(15-10)11-6-4-3-5-7-11/h3-7,10,12-13,15H,8-9H2,1-2H3/t10-,12-,13+/m1/s1. The molecule has 1 aromatic rings. The molecule has 1 heterocycles. The van der Waals surface area contributed by atoms with Crippen molar-refractivity contribution in [1.29, 1.82) is 0 Å². The van der Waals surface area contributed by atoms with Crippen LogP contribution >= 0.6 is 0 Å². The van der Waals surface area contributed by atoms with E-state index < -0.39 is 0 Å². The lowest BCUT2D eigenvalue weighted by Gasteiger charge is -2.34. The summed E-state index contributed by atoms with van der Waals surface area (Å²) in [4.78, 5) is 11.8. The first-order valence-electron chi connectivity index (χ1n) is 6.11. The molecule has 1 aliphatic heterocycles.